The Labute approximate surface area is 136 Å². The first-order chi connectivity index (χ1) is 10.7. The summed E-state index contributed by atoms with van der Waals surface area (Å²) in [5.41, 5.74) is 3.99. The number of hydrogen-bond donors (Lipinski definition) is 1. The van der Waals surface area contributed by atoms with Gasteiger partial charge in [-0.3, -0.25) is 9.48 Å². The zero-order valence-electron chi connectivity index (χ0n) is 12.1. The van der Waals surface area contributed by atoms with E-state index in [4.69, 9.17) is 0 Å². The molecule has 3 aromatic rings. The number of rotatable bonds is 3. The van der Waals surface area contributed by atoms with Crippen LogP contribution in [0.2, 0.25) is 0 Å². The predicted octanol–water partition coefficient (Wildman–Crippen LogP) is 3.24. The zero-order valence-corrected chi connectivity index (χ0v) is 13.8. The summed E-state index contributed by atoms with van der Waals surface area (Å²) in [4.78, 5) is 15.0. The minimum atomic E-state index is -0.0797. The lowest BCUT2D eigenvalue weighted by Crippen LogP contribution is -2.24. The zero-order chi connectivity index (χ0) is 15.1. The standard InChI is InChI=1S/C16H15N3OS2/c1-19-15-11-6-8-22-13(11)5-4-12(15)14(18-19)16(20)17-9-10-3-2-7-21-10/h2-3,6-8H,4-5,9H2,1H3,(H,17,20). The number of amides is 1. The Bertz CT molecular complexity index is 830. The molecule has 1 N–H and O–H groups in total. The van der Waals surface area contributed by atoms with Crippen LogP contribution in [0.4, 0.5) is 0 Å². The van der Waals surface area contributed by atoms with Crippen molar-refractivity contribution >= 4 is 28.6 Å². The Morgan fingerprint density at radius 3 is 3.05 bits per heavy atom. The van der Waals surface area contributed by atoms with Gasteiger partial charge in [-0.15, -0.1) is 22.7 Å². The molecule has 3 aromatic heterocycles. The molecule has 1 aliphatic rings. The molecular formula is C16H15N3OS2. The van der Waals surface area contributed by atoms with Gasteiger partial charge < -0.3 is 5.32 Å². The van der Waals surface area contributed by atoms with Gasteiger partial charge in [0.15, 0.2) is 5.69 Å². The number of aromatic nitrogens is 2. The van der Waals surface area contributed by atoms with Gasteiger partial charge >= 0.3 is 0 Å². The quantitative estimate of drug-likeness (QED) is 0.802. The summed E-state index contributed by atoms with van der Waals surface area (Å²) in [6, 6.07) is 6.15. The molecule has 0 atom stereocenters. The Kier molecular flexibility index (Phi) is 3.35. The second-order valence-corrected chi connectivity index (χ2v) is 7.35. The first-order valence-electron chi connectivity index (χ1n) is 7.17. The fourth-order valence-corrected chi connectivity index (χ4v) is 4.50. The van der Waals surface area contributed by atoms with Crippen LogP contribution in [0, 0.1) is 0 Å². The number of hydrogen-bond acceptors (Lipinski definition) is 4. The molecule has 22 heavy (non-hydrogen) atoms. The van der Waals surface area contributed by atoms with Crippen LogP contribution in [0.1, 0.15) is 25.8 Å². The summed E-state index contributed by atoms with van der Waals surface area (Å²) in [5, 5.41) is 11.6. The first-order valence-corrected chi connectivity index (χ1v) is 8.93. The molecule has 0 bridgehead atoms. The summed E-state index contributed by atoms with van der Waals surface area (Å²) in [6.45, 7) is 0.561. The van der Waals surface area contributed by atoms with Crippen molar-refractivity contribution in [1.82, 2.24) is 15.1 Å². The van der Waals surface area contributed by atoms with E-state index in [0.717, 1.165) is 29.0 Å². The third kappa shape index (κ3) is 2.19. The normalized spacial score (nSPS) is 12.8. The summed E-state index contributed by atoms with van der Waals surface area (Å²) in [7, 11) is 1.92. The number of nitrogens with one attached hydrogen (secondary N) is 1. The second-order valence-electron chi connectivity index (χ2n) is 5.32. The van der Waals surface area contributed by atoms with Crippen LogP contribution in [0.5, 0.6) is 0 Å². The summed E-state index contributed by atoms with van der Waals surface area (Å²) in [5.74, 6) is -0.0797. The molecule has 0 aromatic carbocycles. The third-order valence-corrected chi connectivity index (χ3v) is 5.82. The van der Waals surface area contributed by atoms with E-state index in [-0.39, 0.29) is 5.91 Å². The molecule has 6 heteroatoms. The fourth-order valence-electron chi connectivity index (χ4n) is 2.97. The fraction of sp³-hybridized carbons (Fsp3) is 0.250. The van der Waals surface area contributed by atoms with Crippen molar-refractivity contribution in [2.75, 3.05) is 0 Å². The smallest absolute Gasteiger partial charge is 0.272 e. The molecule has 0 unspecified atom stereocenters. The van der Waals surface area contributed by atoms with Crippen molar-refractivity contribution in [3.8, 4) is 11.3 Å². The average molecular weight is 329 g/mol. The van der Waals surface area contributed by atoms with Crippen molar-refractivity contribution in [3.05, 3.63) is 50.0 Å². The topological polar surface area (TPSA) is 46.9 Å². The van der Waals surface area contributed by atoms with Crippen LogP contribution >= 0.6 is 22.7 Å². The highest BCUT2D eigenvalue weighted by molar-refractivity contribution is 7.10. The van der Waals surface area contributed by atoms with Crippen LogP contribution in [-0.4, -0.2) is 15.7 Å². The van der Waals surface area contributed by atoms with Crippen LogP contribution in [0.3, 0.4) is 0 Å². The molecular weight excluding hydrogens is 314 g/mol. The lowest BCUT2D eigenvalue weighted by atomic mass is 9.94. The molecule has 0 aliphatic heterocycles. The molecule has 0 spiro atoms. The number of carbonyl (C=O) groups is 1. The van der Waals surface area contributed by atoms with Gasteiger partial charge in [-0.2, -0.15) is 5.10 Å². The van der Waals surface area contributed by atoms with E-state index in [1.807, 2.05) is 29.2 Å². The molecule has 0 saturated carbocycles. The van der Waals surface area contributed by atoms with E-state index >= 15 is 0 Å². The monoisotopic (exact) mass is 329 g/mol. The number of thiophene rings is 2. The Hall–Kier alpha value is -1.92. The van der Waals surface area contributed by atoms with Crippen molar-refractivity contribution in [2.45, 2.75) is 19.4 Å². The highest BCUT2D eigenvalue weighted by atomic mass is 32.1. The third-order valence-electron chi connectivity index (χ3n) is 3.97. The molecule has 0 fully saturated rings. The van der Waals surface area contributed by atoms with Gasteiger partial charge in [0.1, 0.15) is 0 Å². The highest BCUT2D eigenvalue weighted by Crippen LogP contribution is 2.37. The summed E-state index contributed by atoms with van der Waals surface area (Å²) >= 11 is 3.43. The number of aryl methyl sites for hydroxylation is 2. The van der Waals surface area contributed by atoms with E-state index in [2.05, 4.69) is 21.9 Å². The SMILES string of the molecule is Cn1nc(C(=O)NCc2cccs2)c2c1-c1ccsc1CC2. The summed E-state index contributed by atoms with van der Waals surface area (Å²) in [6.07, 6.45) is 1.88. The maximum atomic E-state index is 12.5. The van der Waals surface area contributed by atoms with Gasteiger partial charge in [-0.25, -0.2) is 0 Å². The van der Waals surface area contributed by atoms with Gasteiger partial charge in [-0.05, 0) is 35.7 Å². The van der Waals surface area contributed by atoms with Crippen molar-refractivity contribution in [1.29, 1.82) is 0 Å². The molecule has 4 rings (SSSR count). The van der Waals surface area contributed by atoms with Crippen LogP contribution in [0.15, 0.2) is 29.0 Å². The largest absolute Gasteiger partial charge is 0.346 e. The molecule has 4 nitrogen and oxygen atoms in total. The second kappa shape index (κ2) is 5.37. The molecule has 1 aliphatic carbocycles. The minimum absolute atomic E-state index is 0.0797. The number of carbonyl (C=O) groups excluding carboxylic acids is 1. The van der Waals surface area contributed by atoms with Crippen LogP contribution in [0.25, 0.3) is 11.3 Å². The van der Waals surface area contributed by atoms with E-state index in [9.17, 15) is 4.79 Å². The molecule has 0 saturated heterocycles. The lowest BCUT2D eigenvalue weighted by Gasteiger charge is -2.13. The maximum absolute atomic E-state index is 12.5. The van der Waals surface area contributed by atoms with Gasteiger partial charge in [0, 0.05) is 27.9 Å². The Morgan fingerprint density at radius 1 is 1.32 bits per heavy atom. The Balaban J connectivity index is 1.64. The molecule has 0 radical (unpaired) electrons. The first kappa shape index (κ1) is 13.7. The van der Waals surface area contributed by atoms with E-state index < -0.39 is 0 Å². The van der Waals surface area contributed by atoms with Gasteiger partial charge in [0.25, 0.3) is 5.91 Å². The molecule has 112 valence electrons. The maximum Gasteiger partial charge on any atom is 0.272 e. The van der Waals surface area contributed by atoms with Crippen molar-refractivity contribution in [3.63, 3.8) is 0 Å². The van der Waals surface area contributed by atoms with Gasteiger partial charge in [0.2, 0.25) is 0 Å². The van der Waals surface area contributed by atoms with Gasteiger partial charge in [-0.1, -0.05) is 6.07 Å². The van der Waals surface area contributed by atoms with Gasteiger partial charge in [0.05, 0.1) is 12.2 Å². The predicted molar refractivity (Wildman–Crippen MR) is 89.4 cm³/mol. The molecule has 3 heterocycles. The van der Waals surface area contributed by atoms with Crippen LogP contribution in [-0.2, 0) is 26.4 Å². The minimum Gasteiger partial charge on any atom is -0.346 e. The Morgan fingerprint density at radius 2 is 2.23 bits per heavy atom. The van der Waals surface area contributed by atoms with Crippen LogP contribution < -0.4 is 5.32 Å². The van der Waals surface area contributed by atoms with Crippen molar-refractivity contribution in [2.24, 2.45) is 7.05 Å². The lowest BCUT2D eigenvalue weighted by molar-refractivity contribution is 0.0944. The highest BCUT2D eigenvalue weighted by Gasteiger charge is 2.27. The molecule has 1 amide bonds. The number of nitrogens with zero attached hydrogens (tertiary/aromatic N) is 2. The van der Waals surface area contributed by atoms with E-state index in [1.165, 1.54) is 10.4 Å². The van der Waals surface area contributed by atoms with Crippen molar-refractivity contribution < 1.29 is 4.79 Å². The van der Waals surface area contributed by atoms with E-state index in [0.29, 0.717) is 12.2 Å². The summed E-state index contributed by atoms with van der Waals surface area (Å²) < 4.78 is 1.85. The average Bonchev–Trinajstić information content (AvgIpc) is 3.24. The number of fused-ring (bicyclic) bond motifs is 3. The van der Waals surface area contributed by atoms with E-state index in [1.54, 1.807) is 22.7 Å².